The topological polar surface area (TPSA) is 52.9 Å². The molecule has 1 atom stereocenters. The average Bonchev–Trinajstić information content (AvgIpc) is 2.95. The summed E-state index contributed by atoms with van der Waals surface area (Å²) in [6, 6.07) is 14.7. The van der Waals surface area contributed by atoms with Gasteiger partial charge in [-0.1, -0.05) is 58.4 Å². The van der Waals surface area contributed by atoms with Crippen LogP contribution >= 0.6 is 15.9 Å². The Balaban J connectivity index is 1.97. The lowest BCUT2D eigenvalue weighted by molar-refractivity contribution is -0.157. The molecule has 0 bridgehead atoms. The first-order valence-electron chi connectivity index (χ1n) is 7.70. The molecule has 8 heteroatoms. The van der Waals surface area contributed by atoms with Gasteiger partial charge in [0.25, 0.3) is 0 Å². The van der Waals surface area contributed by atoms with Crippen LogP contribution in [0.2, 0.25) is 0 Å². The molecule has 1 N–H and O–H groups in total. The normalized spacial score (nSPS) is 20.2. The third-order valence-corrected chi connectivity index (χ3v) is 4.58. The summed E-state index contributed by atoms with van der Waals surface area (Å²) >= 11 is 3.23. The Bertz CT molecular complexity index is 838. The van der Waals surface area contributed by atoms with Gasteiger partial charge >= 0.3 is 6.18 Å². The Morgan fingerprint density at radius 1 is 1.15 bits per heavy atom. The summed E-state index contributed by atoms with van der Waals surface area (Å²) in [5.41, 5.74) is -2.60. The summed E-state index contributed by atoms with van der Waals surface area (Å²) in [7, 11) is 0. The minimum absolute atomic E-state index is 0.158. The summed E-state index contributed by atoms with van der Waals surface area (Å²) in [6.45, 7) is 0. The fourth-order valence-corrected chi connectivity index (χ4v) is 3.02. The van der Waals surface area contributed by atoms with E-state index in [1.54, 1.807) is 42.5 Å². The Hall–Kier alpha value is -2.19. The zero-order valence-corrected chi connectivity index (χ0v) is 15.0. The minimum Gasteiger partial charge on any atom is -0.365 e. The van der Waals surface area contributed by atoms with Gasteiger partial charge in [0.2, 0.25) is 5.91 Å². The van der Waals surface area contributed by atoms with E-state index in [9.17, 15) is 23.1 Å². The van der Waals surface area contributed by atoms with E-state index in [1.807, 2.05) is 0 Å². The third kappa shape index (κ3) is 3.66. The molecule has 26 heavy (non-hydrogen) atoms. The van der Waals surface area contributed by atoms with Gasteiger partial charge in [-0.25, -0.2) is 0 Å². The molecule has 2 aromatic carbocycles. The molecule has 0 unspecified atom stereocenters. The lowest BCUT2D eigenvalue weighted by Crippen LogP contribution is -2.44. The average molecular weight is 427 g/mol. The third-order valence-electron chi connectivity index (χ3n) is 4.05. The second-order valence-electron chi connectivity index (χ2n) is 5.91. The molecule has 136 valence electrons. The quantitative estimate of drug-likeness (QED) is 0.806. The molecule has 1 heterocycles. The molecule has 1 aliphatic heterocycles. The van der Waals surface area contributed by atoms with Crippen molar-refractivity contribution in [1.82, 2.24) is 5.01 Å². The molecule has 0 radical (unpaired) electrons. The lowest BCUT2D eigenvalue weighted by Gasteiger charge is -2.31. The van der Waals surface area contributed by atoms with Crippen molar-refractivity contribution >= 4 is 27.5 Å². The second-order valence-corrected chi connectivity index (χ2v) is 6.83. The zero-order chi connectivity index (χ0) is 18.9. The van der Waals surface area contributed by atoms with Gasteiger partial charge in [-0.3, -0.25) is 4.79 Å². The fraction of sp³-hybridized carbons (Fsp3) is 0.222. The van der Waals surface area contributed by atoms with Crippen LogP contribution in [0.1, 0.15) is 17.5 Å². The van der Waals surface area contributed by atoms with Crippen LogP contribution in [0.3, 0.4) is 0 Å². The van der Waals surface area contributed by atoms with Crippen molar-refractivity contribution in [2.75, 3.05) is 0 Å². The smallest absolute Gasteiger partial charge is 0.365 e. The number of aliphatic hydroxyl groups is 1. The first kappa shape index (κ1) is 18.6. The number of alkyl halides is 3. The summed E-state index contributed by atoms with van der Waals surface area (Å²) in [5, 5.41) is 14.9. The second kappa shape index (κ2) is 6.85. The molecule has 2 aromatic rings. The Morgan fingerprint density at radius 3 is 2.35 bits per heavy atom. The van der Waals surface area contributed by atoms with E-state index < -0.39 is 29.9 Å². The van der Waals surface area contributed by atoms with E-state index in [-0.39, 0.29) is 12.0 Å². The Morgan fingerprint density at radius 2 is 1.77 bits per heavy atom. The number of benzene rings is 2. The first-order chi connectivity index (χ1) is 12.2. The van der Waals surface area contributed by atoms with E-state index in [2.05, 4.69) is 21.0 Å². The number of hydrazone groups is 1. The van der Waals surface area contributed by atoms with Gasteiger partial charge in [-0.15, -0.1) is 0 Å². The predicted octanol–water partition coefficient (Wildman–Crippen LogP) is 3.99. The highest BCUT2D eigenvalue weighted by Gasteiger charge is 2.52. The number of nitrogens with zero attached hydrogens (tertiary/aromatic N) is 2. The number of carbonyl (C=O) groups excluding carboxylic acids is 1. The van der Waals surface area contributed by atoms with Crippen molar-refractivity contribution in [3.05, 3.63) is 70.2 Å². The highest BCUT2D eigenvalue weighted by atomic mass is 79.9. The Kier molecular flexibility index (Phi) is 4.90. The molecule has 0 spiro atoms. The van der Waals surface area contributed by atoms with Gasteiger partial charge in [-0.2, -0.15) is 23.3 Å². The van der Waals surface area contributed by atoms with Crippen LogP contribution in [0, 0.1) is 0 Å². The van der Waals surface area contributed by atoms with Crippen LogP contribution in [0.5, 0.6) is 0 Å². The molecular weight excluding hydrogens is 413 g/mol. The molecule has 0 fully saturated rings. The summed E-state index contributed by atoms with van der Waals surface area (Å²) < 4.78 is 40.2. The number of hydrogen-bond acceptors (Lipinski definition) is 3. The van der Waals surface area contributed by atoms with Gasteiger partial charge in [-0.05, 0) is 17.7 Å². The molecule has 0 aromatic heterocycles. The maximum absolute atomic E-state index is 13.2. The minimum atomic E-state index is -4.73. The highest BCUT2D eigenvalue weighted by molar-refractivity contribution is 9.10. The summed E-state index contributed by atoms with van der Waals surface area (Å²) in [6.07, 6.45) is -5.72. The standard InChI is InChI=1S/C18H14BrF3N2O2/c19-14-8-6-13(7-9-14)17(26)11-15(18(20,21)22)23-24(17)16(25)10-12-4-2-1-3-5-12/h1-9,26H,10-11H2/t17-/m1/s1. The highest BCUT2D eigenvalue weighted by Crippen LogP contribution is 2.40. The van der Waals surface area contributed by atoms with Crippen molar-refractivity contribution in [3.63, 3.8) is 0 Å². The van der Waals surface area contributed by atoms with E-state index in [1.165, 1.54) is 12.1 Å². The number of carbonyl (C=O) groups is 1. The van der Waals surface area contributed by atoms with Gasteiger partial charge < -0.3 is 5.11 Å². The largest absolute Gasteiger partial charge is 0.431 e. The number of hydrogen-bond donors (Lipinski definition) is 1. The summed E-state index contributed by atoms with van der Waals surface area (Å²) in [4.78, 5) is 12.6. The van der Waals surface area contributed by atoms with Crippen LogP contribution < -0.4 is 0 Å². The van der Waals surface area contributed by atoms with Crippen LogP contribution in [-0.4, -0.2) is 27.9 Å². The molecule has 0 aliphatic carbocycles. The van der Waals surface area contributed by atoms with Gasteiger partial charge in [0, 0.05) is 10.0 Å². The molecule has 0 saturated carbocycles. The van der Waals surface area contributed by atoms with E-state index >= 15 is 0 Å². The number of amides is 1. The van der Waals surface area contributed by atoms with Crippen LogP contribution in [0.25, 0.3) is 0 Å². The predicted molar refractivity (Wildman–Crippen MR) is 93.1 cm³/mol. The van der Waals surface area contributed by atoms with Crippen LogP contribution in [-0.2, 0) is 16.9 Å². The first-order valence-corrected chi connectivity index (χ1v) is 8.49. The van der Waals surface area contributed by atoms with Gasteiger partial charge in [0.15, 0.2) is 5.72 Å². The fourth-order valence-electron chi connectivity index (χ4n) is 2.75. The van der Waals surface area contributed by atoms with Gasteiger partial charge in [0.1, 0.15) is 5.71 Å². The molecule has 3 rings (SSSR count). The van der Waals surface area contributed by atoms with Crippen molar-refractivity contribution in [3.8, 4) is 0 Å². The van der Waals surface area contributed by atoms with Crippen molar-refractivity contribution in [2.24, 2.45) is 5.10 Å². The van der Waals surface area contributed by atoms with E-state index in [0.29, 0.717) is 15.0 Å². The van der Waals surface area contributed by atoms with E-state index in [0.717, 1.165) is 0 Å². The summed E-state index contributed by atoms with van der Waals surface area (Å²) in [5.74, 6) is -0.721. The zero-order valence-electron chi connectivity index (χ0n) is 13.4. The monoisotopic (exact) mass is 426 g/mol. The Labute approximate surface area is 156 Å². The van der Waals surface area contributed by atoms with E-state index in [4.69, 9.17) is 0 Å². The molecule has 1 amide bonds. The van der Waals surface area contributed by atoms with Crippen LogP contribution in [0.4, 0.5) is 13.2 Å². The maximum Gasteiger partial charge on any atom is 0.431 e. The van der Waals surface area contributed by atoms with Crippen molar-refractivity contribution < 1.29 is 23.1 Å². The van der Waals surface area contributed by atoms with Crippen molar-refractivity contribution in [2.45, 2.75) is 24.7 Å². The molecular formula is C18H14BrF3N2O2. The lowest BCUT2D eigenvalue weighted by atomic mass is 9.96. The number of halogens is 4. The van der Waals surface area contributed by atoms with Gasteiger partial charge in [0.05, 0.1) is 12.8 Å². The molecule has 0 saturated heterocycles. The molecule has 4 nitrogen and oxygen atoms in total. The number of rotatable bonds is 3. The molecule has 1 aliphatic rings. The SMILES string of the molecule is O=C(Cc1ccccc1)N1N=C(C(F)(F)F)C[C@@]1(O)c1ccc(Br)cc1. The maximum atomic E-state index is 13.2. The van der Waals surface area contributed by atoms with Crippen LogP contribution in [0.15, 0.2) is 64.2 Å². The van der Waals surface area contributed by atoms with Crippen molar-refractivity contribution in [1.29, 1.82) is 0 Å².